The molecule has 0 spiro atoms. The smallest absolute Gasteiger partial charge is 0.134 e. The van der Waals surface area contributed by atoms with Crippen LogP contribution in [0.3, 0.4) is 0 Å². The third kappa shape index (κ3) is 3.78. The number of halogens is 1. The zero-order valence-electron chi connectivity index (χ0n) is 10.7. The zero-order chi connectivity index (χ0) is 15.4. The van der Waals surface area contributed by atoms with Gasteiger partial charge in [-0.3, -0.25) is 4.98 Å². The van der Waals surface area contributed by atoms with Gasteiger partial charge in [-0.2, -0.15) is 0 Å². The molecule has 2 rings (SSSR count). The number of azide groups is 1. The number of pyridine rings is 1. The molecular formula is C11H13ClN4O4S. The summed E-state index contributed by atoms with van der Waals surface area (Å²) in [7, 11) is 0. The molecule has 114 valence electrons. The van der Waals surface area contributed by atoms with Gasteiger partial charge in [-0.25, -0.2) is 0 Å². The van der Waals surface area contributed by atoms with Crippen LogP contribution >= 0.6 is 23.4 Å². The standard InChI is InChI=1S/C11H13ClN4O4S/c12-5-1-6(3-14-2-5)21-11-10(19)8(15-16-13)9(18)7(4-17)20-11/h1-3,7-11,17-19H,4H2/t7?,8-,9-,10?,11+/m0/s1. The van der Waals surface area contributed by atoms with Crippen molar-refractivity contribution in [2.24, 2.45) is 5.11 Å². The van der Waals surface area contributed by atoms with Gasteiger partial charge >= 0.3 is 0 Å². The lowest BCUT2D eigenvalue weighted by Crippen LogP contribution is -2.56. The van der Waals surface area contributed by atoms with Crippen molar-refractivity contribution in [3.05, 3.63) is 33.9 Å². The number of ether oxygens (including phenoxy) is 1. The van der Waals surface area contributed by atoms with Crippen molar-refractivity contribution in [2.45, 2.75) is 34.7 Å². The Balaban J connectivity index is 2.19. The van der Waals surface area contributed by atoms with E-state index < -0.39 is 36.4 Å². The third-order valence-electron chi connectivity index (χ3n) is 2.97. The fourth-order valence-corrected chi connectivity index (χ4v) is 3.27. The summed E-state index contributed by atoms with van der Waals surface area (Å²) < 4.78 is 5.44. The molecule has 1 saturated heterocycles. The highest BCUT2D eigenvalue weighted by molar-refractivity contribution is 7.99. The van der Waals surface area contributed by atoms with Crippen molar-refractivity contribution < 1.29 is 20.1 Å². The van der Waals surface area contributed by atoms with Crippen molar-refractivity contribution in [3.8, 4) is 0 Å². The minimum Gasteiger partial charge on any atom is -0.394 e. The molecule has 2 heterocycles. The molecule has 21 heavy (non-hydrogen) atoms. The van der Waals surface area contributed by atoms with E-state index in [1.165, 1.54) is 12.4 Å². The predicted molar refractivity (Wildman–Crippen MR) is 75.8 cm³/mol. The van der Waals surface area contributed by atoms with Gasteiger partial charge < -0.3 is 20.1 Å². The molecule has 0 aliphatic carbocycles. The van der Waals surface area contributed by atoms with E-state index in [2.05, 4.69) is 15.0 Å². The van der Waals surface area contributed by atoms with Crippen LogP contribution in [0.1, 0.15) is 0 Å². The maximum atomic E-state index is 10.2. The molecule has 10 heteroatoms. The van der Waals surface area contributed by atoms with Gasteiger partial charge in [0.1, 0.15) is 17.6 Å². The van der Waals surface area contributed by atoms with Crippen molar-refractivity contribution in [1.29, 1.82) is 0 Å². The summed E-state index contributed by atoms with van der Waals surface area (Å²) in [6, 6.07) is 0.530. The molecule has 1 aromatic rings. The van der Waals surface area contributed by atoms with Crippen molar-refractivity contribution in [2.75, 3.05) is 6.61 Å². The zero-order valence-corrected chi connectivity index (χ0v) is 12.2. The van der Waals surface area contributed by atoms with Crippen LogP contribution in [-0.2, 0) is 4.74 Å². The first kappa shape index (κ1) is 16.3. The van der Waals surface area contributed by atoms with Gasteiger partial charge in [0, 0.05) is 22.2 Å². The van der Waals surface area contributed by atoms with E-state index in [1.807, 2.05) is 0 Å². The summed E-state index contributed by atoms with van der Waals surface area (Å²) in [4.78, 5) is 7.16. The number of hydrogen-bond acceptors (Lipinski definition) is 7. The lowest BCUT2D eigenvalue weighted by molar-refractivity contribution is -0.159. The summed E-state index contributed by atoms with van der Waals surface area (Å²) in [5, 5.41) is 33.1. The molecule has 0 amide bonds. The van der Waals surface area contributed by atoms with Crippen LogP contribution in [0.15, 0.2) is 28.5 Å². The number of thioether (sulfide) groups is 1. The second-order valence-electron chi connectivity index (χ2n) is 4.36. The maximum absolute atomic E-state index is 10.2. The molecule has 0 saturated carbocycles. The van der Waals surface area contributed by atoms with Crippen molar-refractivity contribution in [1.82, 2.24) is 4.98 Å². The normalized spacial score (nSPS) is 32.5. The van der Waals surface area contributed by atoms with Gasteiger partial charge in [0.25, 0.3) is 0 Å². The number of rotatable bonds is 4. The number of hydrogen-bond donors (Lipinski definition) is 3. The van der Waals surface area contributed by atoms with E-state index in [9.17, 15) is 15.3 Å². The van der Waals surface area contributed by atoms with Crippen LogP contribution in [0, 0.1) is 0 Å². The number of aromatic nitrogens is 1. The first-order valence-corrected chi connectivity index (χ1v) is 7.26. The lowest BCUT2D eigenvalue weighted by atomic mass is 9.98. The Bertz CT molecular complexity index is 545. The Labute approximate surface area is 129 Å². The summed E-state index contributed by atoms with van der Waals surface area (Å²) >= 11 is 6.94. The Hall–Kier alpha value is -1.06. The minimum absolute atomic E-state index is 0.427. The molecular weight excluding hydrogens is 320 g/mol. The van der Waals surface area contributed by atoms with E-state index in [0.29, 0.717) is 9.92 Å². The molecule has 1 aliphatic heterocycles. The van der Waals surface area contributed by atoms with Crippen LogP contribution in [0.25, 0.3) is 10.4 Å². The Morgan fingerprint density at radius 1 is 1.43 bits per heavy atom. The fraction of sp³-hybridized carbons (Fsp3) is 0.545. The second-order valence-corrected chi connectivity index (χ2v) is 5.97. The van der Waals surface area contributed by atoms with Gasteiger partial charge in [-0.15, -0.1) is 0 Å². The van der Waals surface area contributed by atoms with E-state index in [0.717, 1.165) is 11.8 Å². The molecule has 2 unspecified atom stereocenters. The topological polar surface area (TPSA) is 132 Å². The average molecular weight is 333 g/mol. The highest BCUT2D eigenvalue weighted by Gasteiger charge is 2.44. The van der Waals surface area contributed by atoms with E-state index in [-0.39, 0.29) is 0 Å². The molecule has 1 aromatic heterocycles. The van der Waals surface area contributed by atoms with Gasteiger partial charge in [0.05, 0.1) is 23.8 Å². The van der Waals surface area contributed by atoms with Crippen LogP contribution in [0.2, 0.25) is 5.02 Å². The third-order valence-corrected chi connectivity index (χ3v) is 4.29. The van der Waals surface area contributed by atoms with Crippen LogP contribution in [0.4, 0.5) is 0 Å². The maximum Gasteiger partial charge on any atom is 0.134 e. The van der Waals surface area contributed by atoms with Crippen LogP contribution in [-0.4, -0.2) is 56.7 Å². The van der Waals surface area contributed by atoms with E-state index in [1.54, 1.807) is 6.07 Å². The lowest BCUT2D eigenvalue weighted by Gasteiger charge is -2.40. The first-order chi connectivity index (χ1) is 10.1. The largest absolute Gasteiger partial charge is 0.394 e. The monoisotopic (exact) mass is 332 g/mol. The molecule has 0 radical (unpaired) electrons. The quantitative estimate of drug-likeness (QED) is 0.427. The van der Waals surface area contributed by atoms with Gasteiger partial charge in [-0.1, -0.05) is 28.5 Å². The number of aliphatic hydroxyl groups excluding tert-OH is 3. The number of aliphatic hydroxyl groups is 3. The molecule has 3 N–H and O–H groups in total. The summed E-state index contributed by atoms with van der Waals surface area (Å²) in [5.41, 5.74) is 7.69. The second kappa shape index (κ2) is 7.28. The minimum atomic E-state index is -1.28. The Morgan fingerprint density at radius 3 is 2.81 bits per heavy atom. The van der Waals surface area contributed by atoms with E-state index >= 15 is 0 Å². The average Bonchev–Trinajstić information content (AvgIpc) is 2.46. The summed E-state index contributed by atoms with van der Waals surface area (Å²) in [6.45, 7) is -0.462. The number of nitrogens with zero attached hydrogens (tertiary/aromatic N) is 4. The van der Waals surface area contributed by atoms with Crippen LogP contribution in [0.5, 0.6) is 0 Å². The van der Waals surface area contributed by atoms with Crippen molar-refractivity contribution >= 4 is 23.4 Å². The van der Waals surface area contributed by atoms with Gasteiger partial charge in [0.2, 0.25) is 0 Å². The predicted octanol–water partition coefficient (Wildman–Crippen LogP) is 0.945. The Kier molecular flexibility index (Phi) is 5.65. The molecule has 0 bridgehead atoms. The summed E-state index contributed by atoms with van der Waals surface area (Å²) in [6.07, 6.45) is -0.465. The highest BCUT2D eigenvalue weighted by Crippen LogP contribution is 2.34. The van der Waals surface area contributed by atoms with E-state index in [4.69, 9.17) is 21.9 Å². The highest BCUT2D eigenvalue weighted by atomic mass is 35.5. The fourth-order valence-electron chi connectivity index (χ4n) is 1.95. The SMILES string of the molecule is [N-]=[N+]=N[C@@H]1C(O)[C@@H](Sc2cncc(Cl)c2)OC(CO)[C@@H]1O. The van der Waals surface area contributed by atoms with Gasteiger partial charge in [0.15, 0.2) is 0 Å². The summed E-state index contributed by atoms with van der Waals surface area (Å²) in [5.74, 6) is 0. The molecule has 5 atom stereocenters. The molecule has 1 aliphatic rings. The van der Waals surface area contributed by atoms with Crippen molar-refractivity contribution in [3.63, 3.8) is 0 Å². The first-order valence-electron chi connectivity index (χ1n) is 6.00. The van der Waals surface area contributed by atoms with Crippen LogP contribution < -0.4 is 0 Å². The molecule has 8 nitrogen and oxygen atoms in total. The molecule has 1 fully saturated rings. The Morgan fingerprint density at radius 2 is 2.19 bits per heavy atom. The van der Waals surface area contributed by atoms with Gasteiger partial charge in [-0.05, 0) is 11.6 Å². The molecule has 0 aromatic carbocycles.